The highest BCUT2D eigenvalue weighted by Crippen LogP contribution is 2.20. The van der Waals surface area contributed by atoms with Gasteiger partial charge in [-0.2, -0.15) is 0 Å². The molecule has 0 atom stereocenters. The predicted octanol–water partition coefficient (Wildman–Crippen LogP) is 3.32. The Morgan fingerprint density at radius 1 is 1.18 bits per heavy atom. The maximum absolute atomic E-state index is 13.2. The number of halogens is 1. The number of sulfonamides is 1. The number of hydrogen-bond acceptors (Lipinski definition) is 4. The van der Waals surface area contributed by atoms with Crippen molar-refractivity contribution in [2.45, 2.75) is 24.7 Å². The molecule has 0 aromatic heterocycles. The highest BCUT2D eigenvalue weighted by Gasteiger charge is 2.26. The third kappa shape index (κ3) is 5.08. The van der Waals surface area contributed by atoms with Crippen LogP contribution in [0, 0.1) is 18.7 Å². The van der Waals surface area contributed by atoms with E-state index in [0.717, 1.165) is 6.07 Å². The van der Waals surface area contributed by atoms with Crippen LogP contribution in [0.1, 0.15) is 18.4 Å². The zero-order chi connectivity index (χ0) is 20.1. The summed E-state index contributed by atoms with van der Waals surface area (Å²) in [5.41, 5.74) is 0.367. The van der Waals surface area contributed by atoms with Crippen LogP contribution in [-0.4, -0.2) is 39.0 Å². The van der Waals surface area contributed by atoms with E-state index in [-0.39, 0.29) is 17.4 Å². The third-order valence-corrected chi connectivity index (χ3v) is 6.39. The van der Waals surface area contributed by atoms with E-state index in [1.807, 2.05) is 6.07 Å². The second kappa shape index (κ2) is 8.70. The number of carbonyl (C=O) groups is 1. The van der Waals surface area contributed by atoms with Gasteiger partial charge >= 0.3 is 6.09 Å². The summed E-state index contributed by atoms with van der Waals surface area (Å²) in [7, 11) is -3.70. The lowest BCUT2D eigenvalue weighted by Crippen LogP contribution is -2.42. The van der Waals surface area contributed by atoms with Gasteiger partial charge in [-0.3, -0.25) is 0 Å². The first kappa shape index (κ1) is 20.3. The van der Waals surface area contributed by atoms with Crippen molar-refractivity contribution in [3.05, 3.63) is 59.9 Å². The third-order valence-electron chi connectivity index (χ3n) is 4.81. The number of amides is 1. The number of piperidine rings is 1. The summed E-state index contributed by atoms with van der Waals surface area (Å²) in [6.07, 6.45) is 0.955. The minimum absolute atomic E-state index is 0.0813. The van der Waals surface area contributed by atoms with E-state index in [9.17, 15) is 17.6 Å². The van der Waals surface area contributed by atoms with Crippen molar-refractivity contribution in [1.29, 1.82) is 0 Å². The molecule has 1 aliphatic rings. The number of ether oxygens (including phenoxy) is 1. The molecule has 0 spiro atoms. The molecule has 1 fully saturated rings. The van der Waals surface area contributed by atoms with Crippen molar-refractivity contribution in [2.75, 3.05) is 19.6 Å². The smallest absolute Gasteiger partial charge is 0.410 e. The fourth-order valence-electron chi connectivity index (χ4n) is 3.19. The first-order chi connectivity index (χ1) is 13.3. The molecular weight excluding hydrogens is 383 g/mol. The van der Waals surface area contributed by atoms with Crippen LogP contribution in [0.3, 0.4) is 0 Å². The fraction of sp³-hybridized carbons (Fsp3) is 0.350. The molecule has 1 amide bonds. The van der Waals surface area contributed by atoms with Crippen molar-refractivity contribution >= 4 is 16.1 Å². The molecule has 0 unspecified atom stereocenters. The summed E-state index contributed by atoms with van der Waals surface area (Å²) in [6.45, 7) is 2.86. The lowest BCUT2D eigenvalue weighted by Gasteiger charge is -2.31. The Bertz CT molecular complexity index is 926. The normalized spacial score (nSPS) is 15.4. The van der Waals surface area contributed by atoms with E-state index in [1.165, 1.54) is 12.1 Å². The van der Waals surface area contributed by atoms with Gasteiger partial charge in [0, 0.05) is 19.6 Å². The van der Waals surface area contributed by atoms with Crippen molar-refractivity contribution in [1.82, 2.24) is 9.62 Å². The Balaban J connectivity index is 1.49. The van der Waals surface area contributed by atoms with Crippen LogP contribution in [0.25, 0.3) is 0 Å². The molecule has 28 heavy (non-hydrogen) atoms. The molecule has 2 aromatic carbocycles. The van der Waals surface area contributed by atoms with Gasteiger partial charge in [-0.25, -0.2) is 22.3 Å². The molecule has 8 heteroatoms. The van der Waals surface area contributed by atoms with E-state index in [4.69, 9.17) is 4.74 Å². The average Bonchev–Trinajstić information content (AvgIpc) is 2.67. The lowest BCUT2D eigenvalue weighted by atomic mass is 9.97. The highest BCUT2D eigenvalue weighted by atomic mass is 32.2. The monoisotopic (exact) mass is 406 g/mol. The summed E-state index contributed by atoms with van der Waals surface area (Å²) in [5.74, 6) is 0.152. The largest absolute Gasteiger partial charge is 0.415 e. The van der Waals surface area contributed by atoms with Crippen molar-refractivity contribution < 1.29 is 22.3 Å². The van der Waals surface area contributed by atoms with Gasteiger partial charge in [0.2, 0.25) is 10.0 Å². The van der Waals surface area contributed by atoms with Gasteiger partial charge in [0.25, 0.3) is 0 Å². The highest BCUT2D eigenvalue weighted by molar-refractivity contribution is 7.89. The molecule has 0 aliphatic carbocycles. The van der Waals surface area contributed by atoms with Crippen LogP contribution in [-0.2, 0) is 10.0 Å². The Morgan fingerprint density at radius 3 is 2.50 bits per heavy atom. The predicted molar refractivity (Wildman–Crippen MR) is 103 cm³/mol. The zero-order valence-electron chi connectivity index (χ0n) is 15.6. The van der Waals surface area contributed by atoms with E-state index in [0.29, 0.717) is 37.2 Å². The number of nitrogens with zero attached hydrogens (tertiary/aromatic N) is 1. The van der Waals surface area contributed by atoms with Crippen LogP contribution in [0.15, 0.2) is 53.4 Å². The van der Waals surface area contributed by atoms with Gasteiger partial charge in [0.15, 0.2) is 0 Å². The number of likely N-dealkylation sites (tertiary alicyclic amines) is 1. The van der Waals surface area contributed by atoms with Crippen LogP contribution in [0.5, 0.6) is 5.75 Å². The second-order valence-electron chi connectivity index (χ2n) is 6.87. The number of para-hydroxylation sites is 1. The molecule has 0 saturated carbocycles. The lowest BCUT2D eigenvalue weighted by molar-refractivity contribution is 0.131. The first-order valence-corrected chi connectivity index (χ1v) is 10.6. The van der Waals surface area contributed by atoms with Gasteiger partial charge < -0.3 is 9.64 Å². The Hall–Kier alpha value is -2.45. The van der Waals surface area contributed by atoms with E-state index in [1.54, 1.807) is 36.1 Å². The minimum Gasteiger partial charge on any atom is -0.410 e. The zero-order valence-corrected chi connectivity index (χ0v) is 16.4. The molecule has 1 aliphatic heterocycles. The number of aryl methyl sites for hydroxylation is 1. The molecule has 1 heterocycles. The van der Waals surface area contributed by atoms with E-state index in [2.05, 4.69) is 4.72 Å². The number of carbonyl (C=O) groups excluding carboxylic acids is 1. The van der Waals surface area contributed by atoms with Crippen molar-refractivity contribution in [3.63, 3.8) is 0 Å². The van der Waals surface area contributed by atoms with Gasteiger partial charge in [-0.15, -0.1) is 0 Å². The van der Waals surface area contributed by atoms with Crippen LogP contribution in [0.2, 0.25) is 0 Å². The molecule has 1 saturated heterocycles. The first-order valence-electron chi connectivity index (χ1n) is 9.13. The number of benzene rings is 2. The molecule has 150 valence electrons. The van der Waals surface area contributed by atoms with Crippen LogP contribution >= 0.6 is 0 Å². The molecule has 6 nitrogen and oxygen atoms in total. The molecule has 0 radical (unpaired) electrons. The van der Waals surface area contributed by atoms with Gasteiger partial charge in [-0.1, -0.05) is 18.2 Å². The van der Waals surface area contributed by atoms with E-state index < -0.39 is 21.9 Å². The molecule has 3 rings (SSSR count). The summed E-state index contributed by atoms with van der Waals surface area (Å²) >= 11 is 0. The quantitative estimate of drug-likeness (QED) is 0.827. The average molecular weight is 406 g/mol. The minimum atomic E-state index is -3.70. The molecule has 0 bridgehead atoms. The van der Waals surface area contributed by atoms with Gasteiger partial charge in [-0.05, 0) is 61.6 Å². The number of hydrogen-bond donors (Lipinski definition) is 1. The van der Waals surface area contributed by atoms with E-state index >= 15 is 0 Å². The van der Waals surface area contributed by atoms with Crippen molar-refractivity contribution in [3.8, 4) is 5.75 Å². The van der Waals surface area contributed by atoms with Crippen LogP contribution in [0.4, 0.5) is 9.18 Å². The number of nitrogens with one attached hydrogen (secondary N) is 1. The topological polar surface area (TPSA) is 75.7 Å². The Labute approximate surface area is 164 Å². The molecule has 2 aromatic rings. The van der Waals surface area contributed by atoms with Crippen molar-refractivity contribution in [2.24, 2.45) is 5.92 Å². The second-order valence-corrected chi connectivity index (χ2v) is 8.61. The summed E-state index contributed by atoms with van der Waals surface area (Å²) in [4.78, 5) is 13.9. The van der Waals surface area contributed by atoms with Crippen LogP contribution < -0.4 is 9.46 Å². The maximum Gasteiger partial charge on any atom is 0.415 e. The summed E-state index contributed by atoms with van der Waals surface area (Å²) in [6, 6.07) is 12.5. The van der Waals surface area contributed by atoms with Gasteiger partial charge in [0.05, 0.1) is 4.90 Å². The molecular formula is C20H23FN2O4S. The maximum atomic E-state index is 13.2. The standard InChI is InChI=1S/C20H23FN2O4S/c1-15-13-17(21)7-8-19(15)28(25,26)22-14-16-9-11-23(12-10-16)20(24)27-18-5-3-2-4-6-18/h2-8,13,16,22H,9-12,14H2,1H3. The summed E-state index contributed by atoms with van der Waals surface area (Å²) in [5, 5.41) is 0. The Kier molecular flexibility index (Phi) is 6.31. The molecule has 1 N–H and O–H groups in total. The fourth-order valence-corrected chi connectivity index (χ4v) is 4.53. The van der Waals surface area contributed by atoms with Gasteiger partial charge in [0.1, 0.15) is 11.6 Å². The summed E-state index contributed by atoms with van der Waals surface area (Å²) < 4.78 is 46.1. The Morgan fingerprint density at radius 2 is 1.86 bits per heavy atom. The number of rotatable bonds is 5. The SMILES string of the molecule is Cc1cc(F)ccc1S(=O)(=O)NCC1CCN(C(=O)Oc2ccccc2)CC1.